The zero-order valence-corrected chi connectivity index (χ0v) is 24.0. The van der Waals surface area contributed by atoms with Gasteiger partial charge in [-0.05, 0) is 0 Å². The van der Waals surface area contributed by atoms with Crippen molar-refractivity contribution in [3.05, 3.63) is 19.7 Å². The molecule has 0 saturated carbocycles. The Kier molecular flexibility index (Phi) is 77.3. The molecular weight excluding hydrogens is 576 g/mol. The van der Waals surface area contributed by atoms with E-state index in [1.165, 1.54) is 0 Å². The molecule has 0 amide bonds. The molecule has 0 rings (SSSR count). The van der Waals surface area contributed by atoms with Crippen LogP contribution in [0, 0.1) is 35.5 Å². The molecule has 0 aromatic carbocycles. The summed E-state index contributed by atoms with van der Waals surface area (Å²) in [5.74, 6) is -5.98. The van der Waals surface area contributed by atoms with E-state index in [0.29, 0.717) is 0 Å². The van der Waals surface area contributed by atoms with Gasteiger partial charge in [-0.2, -0.15) is 0 Å². The fraction of sp³-hybridized carbons (Fsp3) is 0.333. The van der Waals surface area contributed by atoms with E-state index in [-0.39, 0.29) is 177 Å². The summed E-state index contributed by atoms with van der Waals surface area (Å²) < 4.78 is 0. The van der Waals surface area contributed by atoms with Gasteiger partial charge in [0.25, 0.3) is 0 Å². The maximum atomic E-state index is 10.1. The first-order valence-corrected chi connectivity index (χ1v) is 3.78. The van der Waals surface area contributed by atoms with Crippen molar-refractivity contribution in [2.24, 2.45) is 0 Å². The van der Waals surface area contributed by atoms with E-state index >= 15 is 0 Å². The van der Waals surface area contributed by atoms with Crippen LogP contribution < -0.4 is 169 Å². The summed E-state index contributed by atoms with van der Waals surface area (Å²) in [6, 6.07) is 0. The third-order valence-electron chi connectivity index (χ3n) is 1.25. The largest absolute Gasteiger partial charge is 3.00 e. The molecular formula is C9H5AuK3N3O7. The number of hydrogen-bond acceptors (Lipinski definition) is 10. The molecule has 14 heteroatoms. The molecule has 0 aliphatic rings. The summed E-state index contributed by atoms with van der Waals surface area (Å²) in [6.45, 7) is 14.2. The van der Waals surface area contributed by atoms with Gasteiger partial charge >= 0.3 is 177 Å². The van der Waals surface area contributed by atoms with Gasteiger partial charge in [0, 0.05) is 24.8 Å². The summed E-state index contributed by atoms with van der Waals surface area (Å²) >= 11 is 0. The Morgan fingerprint density at radius 2 is 0.957 bits per heavy atom. The summed E-state index contributed by atoms with van der Waals surface area (Å²) in [5, 5.41) is 57.7. The molecule has 0 fully saturated rings. The van der Waals surface area contributed by atoms with Gasteiger partial charge in [-0.25, -0.2) is 0 Å². The van der Waals surface area contributed by atoms with Gasteiger partial charge in [-0.1, -0.05) is 0 Å². The maximum Gasteiger partial charge on any atom is 3.00 e. The SMILES string of the molecule is O=C([O-])CC(O)(CC(=O)[O-])C(=O)[O-].[Au+3].[C-]#N.[C-]#N.[C-]#N.[K+].[K+].[K+]. The zero-order valence-electron chi connectivity index (χ0n) is 12.5. The van der Waals surface area contributed by atoms with Gasteiger partial charge in [0.1, 0.15) is 5.60 Å². The second-order valence-corrected chi connectivity index (χ2v) is 2.42. The van der Waals surface area contributed by atoms with Crippen molar-refractivity contribution >= 4 is 17.9 Å². The molecule has 0 unspecified atom stereocenters. The van der Waals surface area contributed by atoms with Crippen LogP contribution in [0.5, 0.6) is 0 Å². The molecule has 23 heavy (non-hydrogen) atoms. The van der Waals surface area contributed by atoms with Crippen molar-refractivity contribution in [3.8, 4) is 0 Å². The number of aliphatic hydroxyl groups is 1. The molecule has 0 radical (unpaired) electrons. The van der Waals surface area contributed by atoms with Crippen molar-refractivity contribution in [2.45, 2.75) is 18.4 Å². The number of rotatable bonds is 5. The number of carbonyl (C=O) groups is 3. The Morgan fingerprint density at radius 1 is 0.783 bits per heavy atom. The third kappa shape index (κ3) is 36.2. The van der Waals surface area contributed by atoms with Crippen LogP contribution in [-0.2, 0) is 36.8 Å². The number of aliphatic carboxylic acids is 3. The standard InChI is InChI=1S/C6H8O7.3CN.Au.3K/c7-3(8)1-6(13,5(11)12)2-4(9)10;3*1-2;;;;/h13H,1-2H2,(H,7,8)(H,9,10)(H,11,12);;;;;;;/q;3*-1;+3;3*+1/p-3. The van der Waals surface area contributed by atoms with Crippen LogP contribution >= 0.6 is 0 Å². The van der Waals surface area contributed by atoms with E-state index in [0.717, 1.165) is 0 Å². The molecule has 0 spiro atoms. The Balaban J connectivity index is -0.0000000336. The van der Waals surface area contributed by atoms with Crippen molar-refractivity contribution in [3.63, 3.8) is 0 Å². The fourth-order valence-corrected chi connectivity index (χ4v) is 0.684. The summed E-state index contributed by atoms with van der Waals surface area (Å²) in [5.41, 5.74) is -2.97. The minimum absolute atomic E-state index is 0. The summed E-state index contributed by atoms with van der Waals surface area (Å²) in [4.78, 5) is 30.0. The predicted octanol–water partition coefficient (Wildman–Crippen LogP) is -14.0. The first-order valence-electron chi connectivity index (χ1n) is 3.78. The van der Waals surface area contributed by atoms with E-state index in [9.17, 15) is 29.7 Å². The molecule has 0 aromatic rings. The average Bonchev–Trinajstić information content (AvgIpc) is 2.34. The van der Waals surface area contributed by atoms with Crippen LogP contribution in [0.1, 0.15) is 12.8 Å². The second-order valence-electron chi connectivity index (χ2n) is 2.42. The smallest absolute Gasteiger partial charge is 0.550 e. The topological polar surface area (TPSA) is 212 Å². The maximum absolute atomic E-state index is 10.1. The molecule has 0 saturated heterocycles. The number of carboxylic acids is 3. The minimum atomic E-state index is -2.97. The van der Waals surface area contributed by atoms with Crippen molar-refractivity contribution in [1.82, 2.24) is 0 Å². The number of nitrogens with zero attached hydrogens (tertiary/aromatic N) is 3. The Morgan fingerprint density at radius 3 is 1.04 bits per heavy atom. The average molecular weight is 581 g/mol. The zero-order chi connectivity index (χ0) is 16.6. The molecule has 0 atom stereocenters. The van der Waals surface area contributed by atoms with Crippen LogP contribution in [0.2, 0.25) is 0 Å². The van der Waals surface area contributed by atoms with Gasteiger partial charge in [-0.3, -0.25) is 0 Å². The van der Waals surface area contributed by atoms with Crippen LogP contribution in [0.25, 0.3) is 0 Å². The van der Waals surface area contributed by atoms with Crippen LogP contribution in [0.4, 0.5) is 0 Å². The molecule has 0 aliphatic heterocycles. The monoisotopic (exact) mass is 581 g/mol. The summed E-state index contributed by atoms with van der Waals surface area (Å²) in [6.07, 6.45) is -2.72. The molecule has 0 heterocycles. The molecule has 10 nitrogen and oxygen atoms in total. The first-order chi connectivity index (χ1) is 8.78. The molecule has 0 aliphatic carbocycles. The van der Waals surface area contributed by atoms with Crippen molar-refractivity contribution in [1.29, 1.82) is 15.8 Å². The van der Waals surface area contributed by atoms with Gasteiger partial charge < -0.3 is 70.3 Å². The molecule has 0 aromatic heterocycles. The van der Waals surface area contributed by atoms with Crippen LogP contribution in [-0.4, -0.2) is 28.6 Å². The van der Waals surface area contributed by atoms with Crippen molar-refractivity contribution < 1.29 is 211 Å². The van der Waals surface area contributed by atoms with E-state index in [1.807, 2.05) is 0 Å². The Bertz CT molecular complexity index is 347. The first kappa shape index (κ1) is 50.0. The Hall–Kier alpha value is 2.49. The number of carboxylic acid groups (broad SMARTS) is 3. The fourth-order valence-electron chi connectivity index (χ4n) is 0.684. The second kappa shape index (κ2) is 35.6. The normalized spacial score (nSPS) is 6.39. The van der Waals surface area contributed by atoms with E-state index < -0.39 is 36.4 Å². The van der Waals surface area contributed by atoms with Gasteiger partial charge in [0.2, 0.25) is 0 Å². The van der Waals surface area contributed by atoms with Gasteiger partial charge in [0.15, 0.2) is 0 Å². The van der Waals surface area contributed by atoms with Gasteiger partial charge in [-0.15, -0.1) is 0 Å². The predicted molar refractivity (Wildman–Crippen MR) is 44.1 cm³/mol. The van der Waals surface area contributed by atoms with Crippen LogP contribution in [0.3, 0.4) is 0 Å². The van der Waals surface area contributed by atoms with E-state index in [1.54, 1.807) is 0 Å². The number of carbonyl (C=O) groups excluding carboxylic acids is 3. The minimum Gasteiger partial charge on any atom is -0.550 e. The Labute approximate surface area is 276 Å². The van der Waals surface area contributed by atoms with Gasteiger partial charge in [0.05, 0.1) is 5.97 Å². The van der Waals surface area contributed by atoms with Crippen molar-refractivity contribution in [2.75, 3.05) is 0 Å². The molecule has 0 bridgehead atoms. The van der Waals surface area contributed by atoms with E-state index in [2.05, 4.69) is 0 Å². The number of hydrogen-bond donors (Lipinski definition) is 1. The summed E-state index contributed by atoms with van der Waals surface area (Å²) in [7, 11) is 0. The third-order valence-corrected chi connectivity index (χ3v) is 1.25. The van der Waals surface area contributed by atoms with E-state index in [4.69, 9.17) is 40.6 Å². The molecule has 112 valence electrons. The van der Waals surface area contributed by atoms with Crippen LogP contribution in [0.15, 0.2) is 0 Å². The quantitative estimate of drug-likeness (QED) is 0.239. The molecule has 1 N–H and O–H groups in total.